The second-order valence-corrected chi connectivity index (χ2v) is 8.40. The maximum atomic E-state index is 13.3. The molecule has 2 aromatic heterocycles. The molecule has 0 bridgehead atoms. The quantitative estimate of drug-likeness (QED) is 0.220. The lowest BCUT2D eigenvalue weighted by atomic mass is 10.1. The van der Waals surface area contributed by atoms with E-state index < -0.39 is 22.9 Å². The van der Waals surface area contributed by atoms with E-state index in [1.165, 1.54) is 18.2 Å². The van der Waals surface area contributed by atoms with Gasteiger partial charge in [0.05, 0.1) is 6.61 Å². The van der Waals surface area contributed by atoms with Gasteiger partial charge in [-0.15, -0.1) is 0 Å². The highest BCUT2D eigenvalue weighted by atomic mass is 19.1. The Morgan fingerprint density at radius 3 is 2.41 bits per heavy atom. The van der Waals surface area contributed by atoms with Gasteiger partial charge in [0.2, 0.25) is 16.9 Å². The van der Waals surface area contributed by atoms with E-state index in [1.807, 2.05) is 37.3 Å². The maximum Gasteiger partial charge on any atom is 0.287 e. The molecule has 1 N–H and O–H groups in total. The van der Waals surface area contributed by atoms with E-state index in [1.54, 1.807) is 18.2 Å². The van der Waals surface area contributed by atoms with E-state index in [2.05, 4.69) is 5.32 Å². The molecule has 0 aliphatic carbocycles. The molecule has 1 amide bonds. The van der Waals surface area contributed by atoms with Crippen LogP contribution in [0.2, 0.25) is 0 Å². The third-order valence-electron chi connectivity index (χ3n) is 5.55. The summed E-state index contributed by atoms with van der Waals surface area (Å²) in [6.45, 7) is 2.38. The fraction of sp³-hybridized carbons (Fsp3) is 0.207. The number of benzene rings is 2. The van der Waals surface area contributed by atoms with Crippen molar-refractivity contribution in [2.24, 2.45) is 0 Å². The smallest absolute Gasteiger partial charge is 0.287 e. The van der Waals surface area contributed by atoms with Crippen LogP contribution in [0.5, 0.6) is 5.75 Å². The number of rotatable bonds is 11. The molecule has 190 valence electrons. The minimum Gasteiger partial charge on any atom is -0.486 e. The molecule has 0 fully saturated rings. The van der Waals surface area contributed by atoms with Gasteiger partial charge in [-0.05, 0) is 41.8 Å². The normalized spacial score (nSPS) is 10.8. The number of hydrogen-bond donors (Lipinski definition) is 1. The Balaban J connectivity index is 1.59. The van der Waals surface area contributed by atoms with Gasteiger partial charge in [0.15, 0.2) is 11.5 Å². The maximum absolute atomic E-state index is 13.3. The zero-order valence-electron chi connectivity index (χ0n) is 20.3. The second kappa shape index (κ2) is 12.0. The zero-order valence-corrected chi connectivity index (χ0v) is 20.3. The SMILES string of the molecule is CCCCOc1c(C(=O)c2ccc(Cc3ccc(F)cc3)o2)oc(C(=O)NCc2ccccc2)cc1=O. The van der Waals surface area contributed by atoms with Crippen LogP contribution < -0.4 is 15.5 Å². The summed E-state index contributed by atoms with van der Waals surface area (Å²) in [4.78, 5) is 38.9. The predicted molar refractivity (Wildman–Crippen MR) is 134 cm³/mol. The van der Waals surface area contributed by atoms with Crippen molar-refractivity contribution in [3.8, 4) is 5.75 Å². The largest absolute Gasteiger partial charge is 0.486 e. The minimum atomic E-state index is -0.730. The predicted octanol–water partition coefficient (Wildman–Crippen LogP) is 5.30. The zero-order chi connectivity index (χ0) is 26.2. The van der Waals surface area contributed by atoms with E-state index >= 15 is 0 Å². The number of unbranched alkanes of at least 4 members (excludes halogenated alkanes) is 1. The van der Waals surface area contributed by atoms with Crippen LogP contribution in [0.4, 0.5) is 4.39 Å². The number of ether oxygens (including phenoxy) is 1. The van der Waals surface area contributed by atoms with Gasteiger partial charge in [0.1, 0.15) is 11.6 Å². The van der Waals surface area contributed by atoms with Crippen molar-refractivity contribution in [1.82, 2.24) is 5.32 Å². The van der Waals surface area contributed by atoms with Gasteiger partial charge in [-0.25, -0.2) is 4.39 Å². The van der Waals surface area contributed by atoms with Crippen molar-refractivity contribution in [2.75, 3.05) is 6.61 Å². The van der Waals surface area contributed by atoms with Crippen molar-refractivity contribution in [3.63, 3.8) is 0 Å². The highest BCUT2D eigenvalue weighted by molar-refractivity contribution is 6.07. The minimum absolute atomic E-state index is 0.0811. The summed E-state index contributed by atoms with van der Waals surface area (Å²) < 4.78 is 30.1. The van der Waals surface area contributed by atoms with Gasteiger partial charge in [-0.1, -0.05) is 55.8 Å². The first-order valence-electron chi connectivity index (χ1n) is 12.0. The average Bonchev–Trinajstić information content (AvgIpc) is 3.38. The molecule has 8 heteroatoms. The number of carbonyl (C=O) groups excluding carboxylic acids is 2. The van der Waals surface area contributed by atoms with Crippen molar-refractivity contribution in [2.45, 2.75) is 32.7 Å². The molecule has 0 saturated carbocycles. The Morgan fingerprint density at radius 2 is 1.68 bits per heavy atom. The van der Waals surface area contributed by atoms with E-state index in [-0.39, 0.29) is 36.2 Å². The van der Waals surface area contributed by atoms with Crippen LogP contribution in [0.3, 0.4) is 0 Å². The first kappa shape index (κ1) is 25.6. The van der Waals surface area contributed by atoms with Gasteiger partial charge in [-0.3, -0.25) is 14.4 Å². The van der Waals surface area contributed by atoms with Crippen LogP contribution in [-0.2, 0) is 13.0 Å². The number of amides is 1. The summed E-state index contributed by atoms with van der Waals surface area (Å²) in [6, 6.07) is 19.2. The standard InChI is InChI=1S/C29H26FNO6/c1-2-3-15-35-27-23(32)17-25(29(34)31-18-20-7-5-4-6-8-20)37-28(27)26(33)24-14-13-22(36-24)16-19-9-11-21(30)12-10-19/h4-14,17H,2-3,15-16,18H2,1H3,(H,31,34). The van der Waals surface area contributed by atoms with Gasteiger partial charge >= 0.3 is 0 Å². The van der Waals surface area contributed by atoms with E-state index in [0.29, 0.717) is 18.6 Å². The molecule has 37 heavy (non-hydrogen) atoms. The number of furan rings is 1. The molecule has 7 nitrogen and oxygen atoms in total. The van der Waals surface area contributed by atoms with Gasteiger partial charge in [-0.2, -0.15) is 0 Å². The summed E-state index contributed by atoms with van der Waals surface area (Å²) >= 11 is 0. The highest BCUT2D eigenvalue weighted by Crippen LogP contribution is 2.23. The number of halogens is 1. The number of nitrogens with one attached hydrogen (secondary N) is 1. The lowest BCUT2D eigenvalue weighted by Crippen LogP contribution is -2.25. The fourth-order valence-electron chi connectivity index (χ4n) is 3.57. The summed E-state index contributed by atoms with van der Waals surface area (Å²) in [6.07, 6.45) is 1.81. The first-order chi connectivity index (χ1) is 17.9. The molecule has 0 atom stereocenters. The second-order valence-electron chi connectivity index (χ2n) is 8.40. The lowest BCUT2D eigenvalue weighted by Gasteiger charge is -2.10. The van der Waals surface area contributed by atoms with Crippen LogP contribution in [0.1, 0.15) is 63.5 Å². The number of carbonyl (C=O) groups is 2. The van der Waals surface area contributed by atoms with Crippen molar-refractivity contribution in [1.29, 1.82) is 0 Å². The third kappa shape index (κ3) is 6.61. The van der Waals surface area contributed by atoms with Crippen LogP contribution in [0.25, 0.3) is 0 Å². The molecule has 2 heterocycles. The Morgan fingerprint density at radius 1 is 0.919 bits per heavy atom. The van der Waals surface area contributed by atoms with Gasteiger partial charge in [0, 0.05) is 19.0 Å². The van der Waals surface area contributed by atoms with Gasteiger partial charge in [0.25, 0.3) is 11.7 Å². The molecule has 4 rings (SSSR count). The number of hydrogen-bond acceptors (Lipinski definition) is 6. The average molecular weight is 504 g/mol. The Kier molecular flexibility index (Phi) is 8.30. The summed E-state index contributed by atoms with van der Waals surface area (Å²) in [5.41, 5.74) is 1.01. The van der Waals surface area contributed by atoms with Crippen molar-refractivity contribution >= 4 is 11.7 Å². The summed E-state index contributed by atoms with van der Waals surface area (Å²) in [5.74, 6) is -2.34. The Bertz CT molecular complexity index is 1420. The van der Waals surface area contributed by atoms with Crippen LogP contribution >= 0.6 is 0 Å². The van der Waals surface area contributed by atoms with Crippen LogP contribution in [0, 0.1) is 5.82 Å². The third-order valence-corrected chi connectivity index (χ3v) is 5.55. The summed E-state index contributed by atoms with van der Waals surface area (Å²) in [7, 11) is 0. The molecule has 0 unspecified atom stereocenters. The van der Waals surface area contributed by atoms with Crippen LogP contribution in [-0.4, -0.2) is 18.3 Å². The van der Waals surface area contributed by atoms with Crippen LogP contribution in [0.15, 0.2) is 86.4 Å². The Hall–Kier alpha value is -4.46. The van der Waals surface area contributed by atoms with E-state index in [4.69, 9.17) is 13.6 Å². The molecular weight excluding hydrogens is 477 g/mol. The monoisotopic (exact) mass is 503 g/mol. The molecule has 4 aromatic rings. The van der Waals surface area contributed by atoms with E-state index in [0.717, 1.165) is 23.6 Å². The molecule has 0 saturated heterocycles. The molecule has 0 aliphatic rings. The molecule has 0 spiro atoms. The fourth-order valence-corrected chi connectivity index (χ4v) is 3.57. The highest BCUT2D eigenvalue weighted by Gasteiger charge is 2.26. The van der Waals surface area contributed by atoms with Gasteiger partial charge < -0.3 is 18.9 Å². The van der Waals surface area contributed by atoms with E-state index in [9.17, 15) is 18.8 Å². The molecule has 0 aliphatic heterocycles. The number of ketones is 1. The molecular formula is C29H26FNO6. The molecule has 2 aromatic carbocycles. The Labute approximate surface area is 212 Å². The first-order valence-corrected chi connectivity index (χ1v) is 12.0. The molecule has 0 radical (unpaired) electrons. The lowest BCUT2D eigenvalue weighted by molar-refractivity contribution is 0.0905. The topological polar surface area (TPSA) is 98.8 Å². The van der Waals surface area contributed by atoms with Crippen molar-refractivity contribution in [3.05, 3.63) is 123 Å². The van der Waals surface area contributed by atoms with Crippen molar-refractivity contribution < 1.29 is 27.6 Å². The summed E-state index contributed by atoms with van der Waals surface area (Å²) in [5, 5.41) is 2.68.